The number of imide groups is 1. The van der Waals surface area contributed by atoms with Crippen molar-refractivity contribution in [3.63, 3.8) is 0 Å². The Morgan fingerprint density at radius 1 is 0.926 bits per heavy atom. The van der Waals surface area contributed by atoms with Gasteiger partial charge in [0.2, 0.25) is 11.8 Å². The van der Waals surface area contributed by atoms with E-state index >= 15 is 0 Å². The number of pyridine rings is 1. The number of aromatic hydroxyl groups is 1. The summed E-state index contributed by atoms with van der Waals surface area (Å²) in [6, 6.07) is 33.3. The van der Waals surface area contributed by atoms with E-state index in [1.807, 2.05) is 79.7 Å². The predicted molar refractivity (Wildman–Crippen MR) is 215 cm³/mol. The van der Waals surface area contributed by atoms with E-state index in [1.165, 1.54) is 4.90 Å². The third kappa shape index (κ3) is 7.64. The highest BCUT2D eigenvalue weighted by Crippen LogP contribution is 2.47. The summed E-state index contributed by atoms with van der Waals surface area (Å²) in [6.07, 6.45) is 4.07. The maximum atomic E-state index is 13.9. The highest BCUT2D eigenvalue weighted by atomic mass is 28.4. The Bertz CT molecular complexity index is 1940. The zero-order valence-corrected chi connectivity index (χ0v) is 32.7. The molecule has 1 fully saturated rings. The number of phenolic OH excluding ortho intramolecular Hbond substituents is 1. The molecule has 3 N–H and O–H groups in total. The van der Waals surface area contributed by atoms with Crippen LogP contribution in [0.3, 0.4) is 0 Å². The first-order valence-electron chi connectivity index (χ1n) is 19.0. The van der Waals surface area contributed by atoms with E-state index in [9.17, 15) is 24.9 Å². The molecule has 9 heteroatoms. The van der Waals surface area contributed by atoms with Crippen LogP contribution in [0.5, 0.6) is 5.75 Å². The number of carbonyl (C=O) groups is 2. The fourth-order valence-corrected chi connectivity index (χ4v) is 13.2. The van der Waals surface area contributed by atoms with Crippen LogP contribution in [-0.2, 0) is 14.0 Å². The van der Waals surface area contributed by atoms with E-state index in [0.717, 1.165) is 21.5 Å². The number of fused-ring (bicyclic) bond motifs is 1. The number of amides is 2. The molecule has 2 heterocycles. The van der Waals surface area contributed by atoms with Crippen molar-refractivity contribution in [2.45, 2.75) is 64.5 Å². The number of allylic oxidation sites excluding steroid dienone is 1. The number of rotatable bonds is 14. The van der Waals surface area contributed by atoms with Crippen LogP contribution in [0.1, 0.15) is 64.6 Å². The average molecular weight is 745 g/mol. The molecular weight excluding hydrogens is 693 g/mol. The van der Waals surface area contributed by atoms with Gasteiger partial charge in [0.1, 0.15) is 5.75 Å². The number of nitrogens with zero attached hydrogens (tertiary/aromatic N) is 2. The molecule has 4 aromatic rings. The van der Waals surface area contributed by atoms with E-state index in [-0.39, 0.29) is 42.1 Å². The smallest absolute Gasteiger partial charge is 0.261 e. The molecule has 0 spiro atoms. The van der Waals surface area contributed by atoms with Crippen molar-refractivity contribution in [3.8, 4) is 5.75 Å². The van der Waals surface area contributed by atoms with Gasteiger partial charge in [-0.15, -0.1) is 0 Å². The standard InChI is InChI=1S/C45H52N2O6Si/c1-5-26-47-43(51)36-28-33(30-53-54(45(2,3)4,34-17-8-6-9-18-34)35-19-10-7-11-20-35)41(37(29-48)42(36)44(47)52)40(50)24-23-31(38-21-14-15-25-46-38)27-32-16-12-13-22-39(32)49/h6-22,25,27,36-37,40,42,48-50H,5,23-24,26,28-30H2,1-4H3/b31-27-/t36-,37+,40-,42-/m1/s1. The van der Waals surface area contributed by atoms with Gasteiger partial charge in [0.05, 0.1) is 36.8 Å². The largest absolute Gasteiger partial charge is 0.507 e. The van der Waals surface area contributed by atoms with E-state index in [0.29, 0.717) is 36.2 Å². The molecule has 6 rings (SSSR count). The highest BCUT2D eigenvalue weighted by molar-refractivity contribution is 6.99. The molecule has 8 nitrogen and oxygen atoms in total. The minimum Gasteiger partial charge on any atom is -0.507 e. The lowest BCUT2D eigenvalue weighted by Crippen LogP contribution is -2.66. The number of carbonyl (C=O) groups excluding carboxylic acids is 2. The molecule has 0 saturated carbocycles. The predicted octanol–water partition coefficient (Wildman–Crippen LogP) is 6.37. The van der Waals surface area contributed by atoms with Crippen LogP contribution in [0, 0.1) is 17.8 Å². The monoisotopic (exact) mass is 744 g/mol. The Labute approximate surface area is 320 Å². The number of benzene rings is 3. The van der Waals surface area contributed by atoms with Gasteiger partial charge in [-0.05, 0) is 82.1 Å². The fraction of sp³-hybridized carbons (Fsp3) is 0.356. The quantitative estimate of drug-likeness (QED) is 0.0781. The Morgan fingerprint density at radius 3 is 2.13 bits per heavy atom. The molecule has 54 heavy (non-hydrogen) atoms. The molecule has 1 aromatic heterocycles. The summed E-state index contributed by atoms with van der Waals surface area (Å²) in [5, 5.41) is 35.9. The number of hydrogen-bond acceptors (Lipinski definition) is 7. The third-order valence-electron chi connectivity index (χ3n) is 11.1. The zero-order chi connectivity index (χ0) is 38.5. The summed E-state index contributed by atoms with van der Waals surface area (Å²) >= 11 is 0. The van der Waals surface area contributed by atoms with Crippen molar-refractivity contribution in [2.24, 2.45) is 17.8 Å². The molecule has 1 aliphatic carbocycles. The Hall–Kier alpha value is -4.67. The summed E-state index contributed by atoms with van der Waals surface area (Å²) in [5.74, 6) is -2.52. The van der Waals surface area contributed by atoms with Crippen molar-refractivity contribution in [1.29, 1.82) is 0 Å². The van der Waals surface area contributed by atoms with Crippen LogP contribution in [0.4, 0.5) is 0 Å². The minimum absolute atomic E-state index is 0.134. The molecule has 1 aliphatic heterocycles. The summed E-state index contributed by atoms with van der Waals surface area (Å²) < 4.78 is 7.38. The second-order valence-corrected chi connectivity index (χ2v) is 19.8. The molecule has 3 aromatic carbocycles. The summed E-state index contributed by atoms with van der Waals surface area (Å²) in [4.78, 5) is 33.7. The number of para-hydroxylation sites is 1. The van der Waals surface area contributed by atoms with Crippen molar-refractivity contribution in [3.05, 3.63) is 132 Å². The van der Waals surface area contributed by atoms with E-state index in [4.69, 9.17) is 4.43 Å². The molecule has 1 saturated heterocycles. The topological polar surface area (TPSA) is 120 Å². The Balaban J connectivity index is 1.43. The third-order valence-corrected chi connectivity index (χ3v) is 16.1. The first-order chi connectivity index (χ1) is 26.0. The van der Waals surface area contributed by atoms with Gasteiger partial charge in [0, 0.05) is 24.2 Å². The van der Waals surface area contributed by atoms with Crippen LogP contribution < -0.4 is 10.4 Å². The van der Waals surface area contributed by atoms with Crippen molar-refractivity contribution >= 4 is 42.2 Å². The van der Waals surface area contributed by atoms with Gasteiger partial charge in [-0.2, -0.15) is 0 Å². The van der Waals surface area contributed by atoms with E-state index < -0.39 is 38.8 Å². The summed E-state index contributed by atoms with van der Waals surface area (Å²) in [7, 11) is -3.03. The first kappa shape index (κ1) is 39.0. The zero-order valence-electron chi connectivity index (χ0n) is 31.7. The molecule has 0 bridgehead atoms. The van der Waals surface area contributed by atoms with Gasteiger partial charge in [-0.25, -0.2) is 0 Å². The highest BCUT2D eigenvalue weighted by Gasteiger charge is 2.56. The lowest BCUT2D eigenvalue weighted by molar-refractivity contribution is -0.140. The number of hydrogen-bond donors (Lipinski definition) is 3. The number of aliphatic hydroxyl groups excluding tert-OH is 2. The lowest BCUT2D eigenvalue weighted by atomic mass is 9.68. The van der Waals surface area contributed by atoms with Crippen molar-refractivity contribution in [1.82, 2.24) is 9.88 Å². The van der Waals surface area contributed by atoms with Crippen molar-refractivity contribution in [2.75, 3.05) is 19.8 Å². The van der Waals surface area contributed by atoms with Crippen LogP contribution >= 0.6 is 0 Å². The second kappa shape index (κ2) is 16.8. The number of phenols is 1. The first-order valence-corrected chi connectivity index (χ1v) is 20.9. The van der Waals surface area contributed by atoms with Crippen LogP contribution in [0.15, 0.2) is 120 Å². The maximum Gasteiger partial charge on any atom is 0.261 e. The normalized spacial score (nSPS) is 20.0. The Kier molecular flexibility index (Phi) is 12.1. The van der Waals surface area contributed by atoms with Gasteiger partial charge < -0.3 is 19.7 Å². The molecule has 282 valence electrons. The molecule has 0 unspecified atom stereocenters. The van der Waals surface area contributed by atoms with Crippen LogP contribution in [0.25, 0.3) is 11.6 Å². The van der Waals surface area contributed by atoms with E-state index in [2.05, 4.69) is 50.0 Å². The average Bonchev–Trinajstić information content (AvgIpc) is 3.41. The summed E-state index contributed by atoms with van der Waals surface area (Å²) in [5.41, 5.74) is 3.51. The SMILES string of the molecule is CCCN1C(=O)[C@@H]2[C@@H](CC(CO[Si](c3ccccc3)(c3ccccc3)C(C)(C)C)=C([C@H](O)CC/C(=C/c3ccccc3O)c3ccccn3)[C@@H]2CO)C1=O. The number of aromatic nitrogens is 1. The molecular formula is C45H52N2O6Si. The van der Waals surface area contributed by atoms with E-state index in [1.54, 1.807) is 18.3 Å². The van der Waals surface area contributed by atoms with Gasteiger partial charge >= 0.3 is 0 Å². The van der Waals surface area contributed by atoms with Gasteiger partial charge in [0.25, 0.3) is 8.32 Å². The van der Waals surface area contributed by atoms with Crippen LogP contribution in [-0.4, -0.2) is 71.2 Å². The fourth-order valence-electron chi connectivity index (χ4n) is 8.63. The molecule has 0 radical (unpaired) electrons. The van der Waals surface area contributed by atoms with Gasteiger partial charge in [-0.3, -0.25) is 19.5 Å². The minimum atomic E-state index is -3.03. The number of aliphatic hydroxyl groups is 2. The molecule has 2 aliphatic rings. The summed E-state index contributed by atoms with van der Waals surface area (Å²) in [6.45, 7) is 8.60. The Morgan fingerprint density at radius 2 is 1.56 bits per heavy atom. The van der Waals surface area contributed by atoms with Gasteiger partial charge in [0.15, 0.2) is 0 Å². The molecule has 2 amide bonds. The van der Waals surface area contributed by atoms with Gasteiger partial charge in [-0.1, -0.05) is 113 Å². The number of likely N-dealkylation sites (tertiary alicyclic amines) is 1. The van der Waals surface area contributed by atoms with Crippen LogP contribution in [0.2, 0.25) is 5.04 Å². The second-order valence-electron chi connectivity index (χ2n) is 15.5. The lowest BCUT2D eigenvalue weighted by Gasteiger charge is -2.44. The van der Waals surface area contributed by atoms with Crippen molar-refractivity contribution < 1.29 is 29.3 Å². The molecule has 4 atom stereocenters. The maximum absolute atomic E-state index is 13.9.